The summed E-state index contributed by atoms with van der Waals surface area (Å²) in [6, 6.07) is 9.65. The zero-order chi connectivity index (χ0) is 16.2. The number of hydrogen-bond acceptors (Lipinski definition) is 6. The minimum Gasteiger partial charge on any atom is -0.394 e. The van der Waals surface area contributed by atoms with Gasteiger partial charge in [-0.2, -0.15) is 0 Å². The van der Waals surface area contributed by atoms with E-state index in [1.165, 1.54) is 11.8 Å². The fourth-order valence-electron chi connectivity index (χ4n) is 2.78. The quantitative estimate of drug-likeness (QED) is 0.727. The Morgan fingerprint density at radius 3 is 2.45 bits per heavy atom. The van der Waals surface area contributed by atoms with Crippen molar-refractivity contribution in [2.75, 3.05) is 12.9 Å². The summed E-state index contributed by atoms with van der Waals surface area (Å²) in [4.78, 5) is -0.791. The number of aliphatic hydroxyl groups excluding tert-OH is 3. The molecule has 1 aromatic rings. The molecule has 22 heavy (non-hydrogen) atoms. The highest BCUT2D eigenvalue weighted by atomic mass is 32.2. The lowest BCUT2D eigenvalue weighted by Crippen LogP contribution is -2.64. The van der Waals surface area contributed by atoms with E-state index in [1.807, 2.05) is 43.5 Å². The van der Waals surface area contributed by atoms with Crippen LogP contribution >= 0.6 is 11.8 Å². The molecule has 6 heteroatoms. The van der Waals surface area contributed by atoms with Gasteiger partial charge in [0.1, 0.15) is 29.3 Å². The van der Waals surface area contributed by atoms with E-state index < -0.39 is 29.3 Å². The highest BCUT2D eigenvalue weighted by Crippen LogP contribution is 2.42. The van der Waals surface area contributed by atoms with Crippen LogP contribution in [0.2, 0.25) is 0 Å². The molecule has 1 aliphatic heterocycles. The van der Waals surface area contributed by atoms with Crippen molar-refractivity contribution in [1.29, 1.82) is 0 Å². The Bertz CT molecular complexity index is 451. The maximum absolute atomic E-state index is 10.4. The van der Waals surface area contributed by atoms with Gasteiger partial charge in [-0.05, 0) is 18.2 Å². The Labute approximate surface area is 135 Å². The Morgan fingerprint density at radius 2 is 1.91 bits per heavy atom. The monoisotopic (exact) mass is 328 g/mol. The molecule has 0 saturated carbocycles. The smallest absolute Gasteiger partial charge is 0.142 e. The standard InChI is InChI=1S/C16H24O5S/c1-3-16(22-2)15(14(19)13(18)12(9-17)21-16)20-10-11-7-5-4-6-8-11/h4-8,12-15,17-19H,3,9-10H2,1-2H3/t12-,13+,14+,15-,16+/m1/s1. The van der Waals surface area contributed by atoms with Gasteiger partial charge in [0, 0.05) is 0 Å². The molecule has 5 nitrogen and oxygen atoms in total. The van der Waals surface area contributed by atoms with E-state index in [9.17, 15) is 15.3 Å². The van der Waals surface area contributed by atoms with Crippen LogP contribution in [-0.2, 0) is 16.1 Å². The van der Waals surface area contributed by atoms with Gasteiger partial charge in [-0.3, -0.25) is 0 Å². The molecule has 2 rings (SSSR count). The van der Waals surface area contributed by atoms with Crippen molar-refractivity contribution in [2.24, 2.45) is 0 Å². The van der Waals surface area contributed by atoms with E-state index in [0.29, 0.717) is 13.0 Å². The normalized spacial score (nSPS) is 35.5. The second-order valence-corrected chi connectivity index (χ2v) is 6.51. The van der Waals surface area contributed by atoms with Gasteiger partial charge in [-0.15, -0.1) is 11.8 Å². The molecule has 0 radical (unpaired) electrons. The van der Waals surface area contributed by atoms with Crippen LogP contribution < -0.4 is 0 Å². The van der Waals surface area contributed by atoms with Gasteiger partial charge in [0.25, 0.3) is 0 Å². The van der Waals surface area contributed by atoms with Crippen LogP contribution in [0.1, 0.15) is 18.9 Å². The van der Waals surface area contributed by atoms with Gasteiger partial charge in [0.2, 0.25) is 0 Å². The molecule has 0 aromatic heterocycles. The molecule has 124 valence electrons. The minimum atomic E-state index is -1.17. The molecule has 0 bridgehead atoms. The third-order valence-electron chi connectivity index (χ3n) is 4.12. The van der Waals surface area contributed by atoms with Crippen LogP contribution in [0.5, 0.6) is 0 Å². The van der Waals surface area contributed by atoms with Crippen LogP contribution in [0.4, 0.5) is 0 Å². The Balaban J connectivity index is 2.17. The van der Waals surface area contributed by atoms with E-state index in [1.54, 1.807) is 0 Å². The predicted octanol–water partition coefficient (Wildman–Crippen LogP) is 1.15. The summed E-state index contributed by atoms with van der Waals surface area (Å²) in [5, 5.41) is 29.9. The number of aliphatic hydroxyl groups is 3. The summed E-state index contributed by atoms with van der Waals surface area (Å²) < 4.78 is 11.8. The SMILES string of the molecule is CC[C@@]1(SC)O[C@H](CO)[C@H](O)[C@H](O)[C@H]1OCc1ccccc1. The van der Waals surface area contributed by atoms with Crippen molar-refractivity contribution in [2.45, 2.75) is 49.3 Å². The maximum Gasteiger partial charge on any atom is 0.142 e. The molecule has 1 fully saturated rings. The number of ether oxygens (including phenoxy) is 2. The minimum absolute atomic E-state index is 0.324. The number of hydrogen-bond donors (Lipinski definition) is 3. The van der Waals surface area contributed by atoms with Crippen LogP contribution in [0, 0.1) is 0 Å². The molecule has 1 saturated heterocycles. The summed E-state index contributed by atoms with van der Waals surface area (Å²) in [6.45, 7) is 1.92. The van der Waals surface area contributed by atoms with E-state index in [2.05, 4.69) is 0 Å². The molecule has 1 aromatic carbocycles. The van der Waals surface area contributed by atoms with Gasteiger partial charge in [-0.1, -0.05) is 37.3 Å². The summed E-state index contributed by atoms with van der Waals surface area (Å²) in [7, 11) is 0. The summed E-state index contributed by atoms with van der Waals surface area (Å²) in [5.41, 5.74) is 0.986. The van der Waals surface area contributed by atoms with Crippen LogP contribution in [0.15, 0.2) is 30.3 Å². The van der Waals surface area contributed by atoms with Crippen molar-refractivity contribution in [1.82, 2.24) is 0 Å². The number of thioether (sulfide) groups is 1. The van der Waals surface area contributed by atoms with Crippen LogP contribution in [0.25, 0.3) is 0 Å². The fourth-order valence-corrected chi connectivity index (χ4v) is 3.72. The molecule has 1 heterocycles. The second-order valence-electron chi connectivity index (χ2n) is 5.41. The predicted molar refractivity (Wildman–Crippen MR) is 85.5 cm³/mol. The molecule has 0 unspecified atom stereocenters. The zero-order valence-corrected chi connectivity index (χ0v) is 13.7. The van der Waals surface area contributed by atoms with Crippen LogP contribution in [-0.4, -0.2) is 57.5 Å². The first-order valence-electron chi connectivity index (χ1n) is 7.43. The number of rotatable bonds is 6. The van der Waals surface area contributed by atoms with Crippen molar-refractivity contribution < 1.29 is 24.8 Å². The Morgan fingerprint density at radius 1 is 1.23 bits per heavy atom. The molecule has 0 aliphatic carbocycles. The molecule has 0 spiro atoms. The van der Waals surface area contributed by atoms with Crippen molar-refractivity contribution >= 4 is 11.8 Å². The van der Waals surface area contributed by atoms with E-state index >= 15 is 0 Å². The average molecular weight is 328 g/mol. The second kappa shape index (κ2) is 7.77. The van der Waals surface area contributed by atoms with Gasteiger partial charge in [-0.25, -0.2) is 0 Å². The maximum atomic E-state index is 10.4. The van der Waals surface area contributed by atoms with Gasteiger partial charge in [0.15, 0.2) is 0 Å². The van der Waals surface area contributed by atoms with E-state index in [4.69, 9.17) is 9.47 Å². The first kappa shape index (κ1) is 17.7. The summed E-state index contributed by atoms with van der Waals surface area (Å²) in [5.74, 6) is 0. The van der Waals surface area contributed by atoms with Crippen molar-refractivity contribution in [3.63, 3.8) is 0 Å². The highest BCUT2D eigenvalue weighted by molar-refractivity contribution is 7.99. The molecule has 0 amide bonds. The average Bonchev–Trinajstić information content (AvgIpc) is 2.57. The van der Waals surface area contributed by atoms with E-state index in [0.717, 1.165) is 5.56 Å². The topological polar surface area (TPSA) is 79.2 Å². The fraction of sp³-hybridized carbons (Fsp3) is 0.625. The lowest BCUT2D eigenvalue weighted by Gasteiger charge is -2.49. The first-order valence-corrected chi connectivity index (χ1v) is 8.66. The van der Waals surface area contributed by atoms with Gasteiger partial charge in [0.05, 0.1) is 13.2 Å². The van der Waals surface area contributed by atoms with Gasteiger partial charge < -0.3 is 24.8 Å². The lowest BCUT2D eigenvalue weighted by atomic mass is 9.93. The molecule has 3 N–H and O–H groups in total. The Kier molecular flexibility index (Phi) is 6.26. The number of benzene rings is 1. The molecule has 1 aliphatic rings. The zero-order valence-electron chi connectivity index (χ0n) is 12.9. The summed E-state index contributed by atoms with van der Waals surface area (Å²) in [6.07, 6.45) is -1.29. The van der Waals surface area contributed by atoms with Gasteiger partial charge >= 0.3 is 0 Å². The van der Waals surface area contributed by atoms with E-state index in [-0.39, 0.29) is 6.61 Å². The largest absolute Gasteiger partial charge is 0.394 e. The molecule has 5 atom stereocenters. The third kappa shape index (κ3) is 3.48. The van der Waals surface area contributed by atoms with Crippen LogP contribution in [0.3, 0.4) is 0 Å². The highest BCUT2D eigenvalue weighted by Gasteiger charge is 2.53. The molecular formula is C16H24O5S. The third-order valence-corrected chi connectivity index (χ3v) is 5.42. The Hall–Kier alpha value is -0.630. The van der Waals surface area contributed by atoms with Crippen molar-refractivity contribution in [3.8, 4) is 0 Å². The van der Waals surface area contributed by atoms with Crippen molar-refractivity contribution in [3.05, 3.63) is 35.9 Å². The summed E-state index contributed by atoms with van der Waals surface area (Å²) >= 11 is 1.43. The molecular weight excluding hydrogens is 304 g/mol. The lowest BCUT2D eigenvalue weighted by molar-refractivity contribution is -0.256. The first-order chi connectivity index (χ1) is 10.6.